The van der Waals surface area contributed by atoms with Crippen molar-refractivity contribution in [1.29, 1.82) is 0 Å². The van der Waals surface area contributed by atoms with Crippen LogP contribution in [0, 0.1) is 0 Å². The number of halogens is 1. The molecule has 0 atom stereocenters. The van der Waals surface area contributed by atoms with Crippen LogP contribution in [0.3, 0.4) is 0 Å². The summed E-state index contributed by atoms with van der Waals surface area (Å²) in [6, 6.07) is 11.4. The molecule has 0 saturated carbocycles. The van der Waals surface area contributed by atoms with E-state index in [0.717, 1.165) is 36.7 Å². The molecule has 20 heavy (non-hydrogen) atoms. The zero-order chi connectivity index (χ0) is 13.9. The first kappa shape index (κ1) is 13.3. The molecule has 0 aliphatic carbocycles. The number of carbonyl (C=O) groups excluding carboxylic acids is 1. The Morgan fingerprint density at radius 1 is 1.10 bits per heavy atom. The predicted octanol–water partition coefficient (Wildman–Crippen LogP) is 3.49. The first-order valence-corrected chi connectivity index (χ1v) is 7.21. The van der Waals surface area contributed by atoms with Crippen LogP contribution >= 0.6 is 11.6 Å². The summed E-state index contributed by atoms with van der Waals surface area (Å²) >= 11 is 6.16. The molecule has 0 radical (unpaired) electrons. The molecule has 1 aliphatic rings. The zero-order valence-corrected chi connectivity index (χ0v) is 11.9. The molecule has 0 bridgehead atoms. The van der Waals surface area contributed by atoms with Gasteiger partial charge in [-0.25, -0.2) is 0 Å². The van der Waals surface area contributed by atoms with Gasteiger partial charge in [0.2, 0.25) is 0 Å². The first-order chi connectivity index (χ1) is 9.75. The summed E-state index contributed by atoms with van der Waals surface area (Å²) in [6.07, 6.45) is 2.19. The Hall–Kier alpha value is -1.74. The van der Waals surface area contributed by atoms with Crippen LogP contribution in [0.25, 0.3) is 10.8 Å². The van der Waals surface area contributed by atoms with Crippen LogP contribution in [0.2, 0.25) is 5.02 Å². The molecule has 0 N–H and O–H groups in total. The maximum atomic E-state index is 12.0. The minimum Gasteiger partial charge on any atom is -0.483 e. The van der Waals surface area contributed by atoms with E-state index in [2.05, 4.69) is 0 Å². The largest absolute Gasteiger partial charge is 0.483 e. The third-order valence-electron chi connectivity index (χ3n) is 3.64. The van der Waals surface area contributed by atoms with Gasteiger partial charge in [-0.2, -0.15) is 0 Å². The molecule has 0 aromatic heterocycles. The van der Waals surface area contributed by atoms with Gasteiger partial charge in [0.05, 0.1) is 0 Å². The molecular weight excluding hydrogens is 274 g/mol. The third-order valence-corrected chi connectivity index (χ3v) is 3.97. The fourth-order valence-corrected chi connectivity index (χ4v) is 2.79. The standard InChI is InChI=1S/C16H16ClNO2/c17-14-7-8-15(13-6-2-1-5-12(13)14)20-11-16(19)18-9-3-4-10-18/h1-2,5-8H,3-4,9-11H2. The SMILES string of the molecule is O=C(COc1ccc(Cl)c2ccccc12)N1CCCC1. The molecule has 4 heteroatoms. The Balaban J connectivity index is 1.77. The molecule has 0 spiro atoms. The third kappa shape index (κ3) is 2.59. The lowest BCUT2D eigenvalue weighted by molar-refractivity contribution is -0.132. The van der Waals surface area contributed by atoms with Crippen molar-refractivity contribution in [2.75, 3.05) is 19.7 Å². The average molecular weight is 290 g/mol. The lowest BCUT2D eigenvalue weighted by atomic mass is 10.1. The van der Waals surface area contributed by atoms with Crippen LogP contribution < -0.4 is 4.74 Å². The summed E-state index contributed by atoms with van der Waals surface area (Å²) in [5.74, 6) is 0.763. The number of hydrogen-bond donors (Lipinski definition) is 0. The van der Waals surface area contributed by atoms with Gasteiger partial charge in [0.1, 0.15) is 5.75 Å². The summed E-state index contributed by atoms with van der Waals surface area (Å²) in [4.78, 5) is 13.9. The van der Waals surface area contributed by atoms with E-state index >= 15 is 0 Å². The fourth-order valence-electron chi connectivity index (χ4n) is 2.56. The van der Waals surface area contributed by atoms with Gasteiger partial charge in [-0.1, -0.05) is 35.9 Å². The molecule has 2 aromatic rings. The Kier molecular flexibility index (Phi) is 3.79. The van der Waals surface area contributed by atoms with Crippen LogP contribution in [0.15, 0.2) is 36.4 Å². The number of rotatable bonds is 3. The van der Waals surface area contributed by atoms with Crippen LogP contribution in [0.4, 0.5) is 0 Å². The number of amides is 1. The maximum Gasteiger partial charge on any atom is 0.260 e. The monoisotopic (exact) mass is 289 g/mol. The van der Waals surface area contributed by atoms with E-state index < -0.39 is 0 Å². The maximum absolute atomic E-state index is 12.0. The molecule has 2 aromatic carbocycles. The Morgan fingerprint density at radius 3 is 2.55 bits per heavy atom. The topological polar surface area (TPSA) is 29.5 Å². The smallest absolute Gasteiger partial charge is 0.260 e. The summed E-state index contributed by atoms with van der Waals surface area (Å²) in [5, 5.41) is 2.58. The lowest BCUT2D eigenvalue weighted by Gasteiger charge is -2.16. The van der Waals surface area contributed by atoms with E-state index in [1.54, 1.807) is 6.07 Å². The number of fused-ring (bicyclic) bond motifs is 1. The molecule has 0 unspecified atom stereocenters. The van der Waals surface area contributed by atoms with E-state index in [1.165, 1.54) is 0 Å². The minimum atomic E-state index is 0.0570. The van der Waals surface area contributed by atoms with Crippen LogP contribution in [-0.2, 0) is 4.79 Å². The number of ether oxygens (including phenoxy) is 1. The van der Waals surface area contributed by atoms with Crippen molar-refractivity contribution in [1.82, 2.24) is 4.90 Å². The lowest BCUT2D eigenvalue weighted by Crippen LogP contribution is -2.32. The van der Waals surface area contributed by atoms with Crippen molar-refractivity contribution in [3.63, 3.8) is 0 Å². The van der Waals surface area contributed by atoms with Gasteiger partial charge in [0, 0.05) is 28.9 Å². The Bertz CT molecular complexity index is 635. The van der Waals surface area contributed by atoms with Gasteiger partial charge in [-0.3, -0.25) is 4.79 Å². The quantitative estimate of drug-likeness (QED) is 0.865. The highest BCUT2D eigenvalue weighted by Crippen LogP contribution is 2.31. The zero-order valence-electron chi connectivity index (χ0n) is 11.1. The summed E-state index contributed by atoms with van der Waals surface area (Å²) in [5.41, 5.74) is 0. The number of nitrogens with zero attached hydrogens (tertiary/aromatic N) is 1. The molecule has 3 rings (SSSR count). The second-order valence-electron chi connectivity index (χ2n) is 4.97. The van der Waals surface area contributed by atoms with E-state index in [9.17, 15) is 4.79 Å². The van der Waals surface area contributed by atoms with Gasteiger partial charge in [-0.15, -0.1) is 0 Å². The number of likely N-dealkylation sites (tertiary alicyclic amines) is 1. The van der Waals surface area contributed by atoms with Crippen molar-refractivity contribution < 1.29 is 9.53 Å². The first-order valence-electron chi connectivity index (χ1n) is 6.83. The second kappa shape index (κ2) is 5.71. The predicted molar refractivity (Wildman–Crippen MR) is 80.3 cm³/mol. The average Bonchev–Trinajstić information content (AvgIpc) is 3.01. The Labute approximate surface area is 123 Å². The number of carbonyl (C=O) groups is 1. The minimum absolute atomic E-state index is 0.0570. The molecule has 1 amide bonds. The van der Waals surface area contributed by atoms with Gasteiger partial charge < -0.3 is 9.64 Å². The van der Waals surface area contributed by atoms with Crippen molar-refractivity contribution in [3.05, 3.63) is 41.4 Å². The van der Waals surface area contributed by atoms with Crippen molar-refractivity contribution >= 4 is 28.3 Å². The van der Waals surface area contributed by atoms with E-state index in [-0.39, 0.29) is 12.5 Å². The second-order valence-corrected chi connectivity index (χ2v) is 5.37. The summed E-state index contributed by atoms with van der Waals surface area (Å²) in [7, 11) is 0. The van der Waals surface area contributed by atoms with E-state index in [0.29, 0.717) is 10.8 Å². The highest BCUT2D eigenvalue weighted by Gasteiger charge is 2.18. The van der Waals surface area contributed by atoms with Crippen LogP contribution in [0.5, 0.6) is 5.75 Å². The Morgan fingerprint density at radius 2 is 1.80 bits per heavy atom. The van der Waals surface area contributed by atoms with Gasteiger partial charge in [-0.05, 0) is 25.0 Å². The molecular formula is C16H16ClNO2. The van der Waals surface area contributed by atoms with Gasteiger partial charge in [0.25, 0.3) is 5.91 Å². The summed E-state index contributed by atoms with van der Waals surface area (Å²) in [6.45, 7) is 1.79. The highest BCUT2D eigenvalue weighted by molar-refractivity contribution is 6.35. The number of benzene rings is 2. The summed E-state index contributed by atoms with van der Waals surface area (Å²) < 4.78 is 5.70. The molecule has 104 valence electrons. The van der Waals surface area contributed by atoms with E-state index in [4.69, 9.17) is 16.3 Å². The molecule has 1 saturated heterocycles. The van der Waals surface area contributed by atoms with E-state index in [1.807, 2.05) is 35.2 Å². The van der Waals surface area contributed by atoms with Crippen molar-refractivity contribution in [2.24, 2.45) is 0 Å². The molecule has 1 fully saturated rings. The molecule has 1 heterocycles. The molecule has 1 aliphatic heterocycles. The fraction of sp³-hybridized carbons (Fsp3) is 0.312. The van der Waals surface area contributed by atoms with Crippen molar-refractivity contribution in [3.8, 4) is 5.75 Å². The van der Waals surface area contributed by atoms with Crippen LogP contribution in [0.1, 0.15) is 12.8 Å². The van der Waals surface area contributed by atoms with Gasteiger partial charge >= 0.3 is 0 Å². The van der Waals surface area contributed by atoms with Gasteiger partial charge in [0.15, 0.2) is 6.61 Å². The van der Waals surface area contributed by atoms with Crippen molar-refractivity contribution in [2.45, 2.75) is 12.8 Å². The normalized spacial score (nSPS) is 14.8. The van der Waals surface area contributed by atoms with Crippen LogP contribution in [-0.4, -0.2) is 30.5 Å². The highest BCUT2D eigenvalue weighted by atomic mass is 35.5. The molecule has 3 nitrogen and oxygen atoms in total. The number of hydrogen-bond acceptors (Lipinski definition) is 2.